The van der Waals surface area contributed by atoms with Crippen LogP contribution in [-0.2, 0) is 14.8 Å². The highest BCUT2D eigenvalue weighted by Crippen LogP contribution is 1.82. The van der Waals surface area contributed by atoms with Crippen molar-refractivity contribution in [1.82, 2.24) is 15.4 Å². The van der Waals surface area contributed by atoms with Crippen LogP contribution in [0.25, 0.3) is 0 Å². The number of hydrogen-bond acceptors (Lipinski definition) is 4. The molecule has 0 saturated heterocycles. The molecule has 0 radical (unpaired) electrons. The van der Waals surface area contributed by atoms with Crippen LogP contribution in [0.15, 0.2) is 0 Å². The predicted octanol–water partition coefficient (Wildman–Crippen LogP) is -1.30. The van der Waals surface area contributed by atoms with E-state index in [1.165, 1.54) is 6.92 Å². The van der Waals surface area contributed by atoms with Gasteiger partial charge in [-0.15, -0.1) is 0 Å². The molecule has 4 N–H and O–H groups in total. The maximum atomic E-state index is 11.1. The van der Waals surface area contributed by atoms with Crippen LogP contribution in [0.3, 0.4) is 0 Å². The predicted molar refractivity (Wildman–Crippen MR) is 61.1 cm³/mol. The van der Waals surface area contributed by atoms with E-state index in [4.69, 9.17) is 5.11 Å². The number of hydrogen-bond donors (Lipinski definition) is 4. The third-order valence-corrected chi connectivity index (χ3v) is 2.45. The van der Waals surface area contributed by atoms with Crippen LogP contribution >= 0.6 is 0 Å². The second-order valence-electron chi connectivity index (χ2n) is 3.48. The number of amides is 2. The topological polar surface area (TPSA) is 125 Å². The lowest BCUT2D eigenvalue weighted by molar-refractivity contribution is -0.138. The molecular weight excluding hydrogens is 250 g/mol. The summed E-state index contributed by atoms with van der Waals surface area (Å²) >= 11 is 0. The van der Waals surface area contributed by atoms with Gasteiger partial charge in [-0.25, -0.2) is 17.9 Å². The zero-order valence-corrected chi connectivity index (χ0v) is 10.5. The van der Waals surface area contributed by atoms with Crippen molar-refractivity contribution in [1.29, 1.82) is 0 Å². The first kappa shape index (κ1) is 15.7. The summed E-state index contributed by atoms with van der Waals surface area (Å²) < 4.78 is 23.6. The summed E-state index contributed by atoms with van der Waals surface area (Å²) in [7, 11) is -3.21. The molecule has 0 aromatic rings. The van der Waals surface area contributed by atoms with Crippen molar-refractivity contribution >= 4 is 22.0 Å². The van der Waals surface area contributed by atoms with E-state index in [0.29, 0.717) is 6.42 Å². The van der Waals surface area contributed by atoms with Crippen molar-refractivity contribution in [2.24, 2.45) is 0 Å². The number of sulfonamides is 1. The fourth-order valence-electron chi connectivity index (χ4n) is 0.857. The van der Waals surface area contributed by atoms with Crippen LogP contribution in [-0.4, -0.2) is 50.9 Å². The number of carbonyl (C=O) groups is 2. The summed E-state index contributed by atoms with van der Waals surface area (Å²) in [6, 6.07) is -1.57. The molecule has 0 saturated carbocycles. The van der Waals surface area contributed by atoms with E-state index in [2.05, 4.69) is 15.4 Å². The molecule has 0 aliphatic carbocycles. The highest BCUT2D eigenvalue weighted by Gasteiger charge is 2.12. The minimum Gasteiger partial charge on any atom is -0.480 e. The van der Waals surface area contributed by atoms with Gasteiger partial charge in [0.2, 0.25) is 10.0 Å². The number of carboxylic acid groups (broad SMARTS) is 1. The number of rotatable bonds is 7. The minimum absolute atomic E-state index is 0.216. The fourth-order valence-corrected chi connectivity index (χ4v) is 1.37. The number of urea groups is 1. The second kappa shape index (κ2) is 7.07. The summed E-state index contributed by atoms with van der Waals surface area (Å²) in [5.74, 6) is -1.13. The molecule has 0 unspecified atom stereocenters. The summed E-state index contributed by atoms with van der Waals surface area (Å²) in [5.41, 5.74) is 0. The molecule has 9 heteroatoms. The van der Waals surface area contributed by atoms with Crippen LogP contribution in [0.5, 0.6) is 0 Å². The lowest BCUT2D eigenvalue weighted by Crippen LogP contribution is -2.44. The number of carbonyl (C=O) groups excluding carboxylic acids is 1. The Hall–Kier alpha value is -1.35. The molecule has 0 aromatic heterocycles. The molecule has 2 amide bonds. The van der Waals surface area contributed by atoms with Gasteiger partial charge in [-0.05, 0) is 13.3 Å². The number of nitrogens with one attached hydrogen (secondary N) is 3. The van der Waals surface area contributed by atoms with Gasteiger partial charge in [-0.3, -0.25) is 4.79 Å². The lowest BCUT2D eigenvalue weighted by atomic mass is 10.3. The molecular formula is C8H17N3O5S. The Labute approximate surface area is 99.8 Å². The maximum absolute atomic E-state index is 11.1. The summed E-state index contributed by atoms with van der Waals surface area (Å²) in [6.07, 6.45) is 1.46. The Morgan fingerprint density at radius 1 is 1.29 bits per heavy atom. The highest BCUT2D eigenvalue weighted by molar-refractivity contribution is 7.88. The number of aliphatic carboxylic acids is 1. The highest BCUT2D eigenvalue weighted by atomic mass is 32.2. The molecule has 8 nitrogen and oxygen atoms in total. The third-order valence-electron chi connectivity index (χ3n) is 1.72. The SMILES string of the molecule is C[C@H](NC(=O)NCCCNS(C)(=O)=O)C(=O)O. The van der Waals surface area contributed by atoms with Crippen molar-refractivity contribution in [3.05, 3.63) is 0 Å². The normalized spacial score (nSPS) is 12.8. The average Bonchev–Trinajstić information content (AvgIpc) is 2.15. The van der Waals surface area contributed by atoms with E-state index in [9.17, 15) is 18.0 Å². The van der Waals surface area contributed by atoms with Crippen molar-refractivity contribution in [2.75, 3.05) is 19.3 Å². The largest absolute Gasteiger partial charge is 0.480 e. The Morgan fingerprint density at radius 3 is 2.35 bits per heavy atom. The first-order chi connectivity index (χ1) is 7.72. The Bertz CT molecular complexity index is 367. The molecule has 0 aromatic carbocycles. The van der Waals surface area contributed by atoms with E-state index in [-0.39, 0.29) is 13.1 Å². The maximum Gasteiger partial charge on any atom is 0.325 e. The molecule has 0 aliphatic rings. The van der Waals surface area contributed by atoms with Crippen LogP contribution in [0.2, 0.25) is 0 Å². The second-order valence-corrected chi connectivity index (χ2v) is 5.31. The smallest absolute Gasteiger partial charge is 0.325 e. The molecule has 0 bridgehead atoms. The standard InChI is InChI=1S/C8H17N3O5S/c1-6(7(12)13)11-8(14)9-4-3-5-10-17(2,15)16/h6,10H,3-5H2,1-2H3,(H,12,13)(H2,9,11,14)/t6-/m0/s1. The molecule has 0 rings (SSSR count). The average molecular weight is 267 g/mol. The van der Waals surface area contributed by atoms with Crippen LogP contribution in [0.4, 0.5) is 4.79 Å². The Kier molecular flexibility index (Phi) is 6.51. The van der Waals surface area contributed by atoms with E-state index in [1.54, 1.807) is 0 Å². The van der Waals surface area contributed by atoms with E-state index in [1.807, 2.05) is 0 Å². The van der Waals surface area contributed by atoms with Gasteiger partial charge in [-0.2, -0.15) is 0 Å². The van der Waals surface area contributed by atoms with Crippen molar-refractivity contribution < 1.29 is 23.1 Å². The van der Waals surface area contributed by atoms with Gasteiger partial charge < -0.3 is 15.7 Å². The van der Waals surface area contributed by atoms with Gasteiger partial charge in [-0.1, -0.05) is 0 Å². The molecule has 0 aliphatic heterocycles. The van der Waals surface area contributed by atoms with Gasteiger partial charge in [0.25, 0.3) is 0 Å². The molecule has 100 valence electrons. The molecule has 0 fully saturated rings. The van der Waals surface area contributed by atoms with Gasteiger partial charge in [0.05, 0.1) is 6.26 Å². The monoisotopic (exact) mass is 267 g/mol. The van der Waals surface area contributed by atoms with Gasteiger partial charge in [0.15, 0.2) is 0 Å². The van der Waals surface area contributed by atoms with Crippen LogP contribution in [0, 0.1) is 0 Å². The zero-order chi connectivity index (χ0) is 13.5. The van der Waals surface area contributed by atoms with Gasteiger partial charge in [0.1, 0.15) is 6.04 Å². The summed E-state index contributed by atoms with van der Waals surface area (Å²) in [5, 5.41) is 13.1. The van der Waals surface area contributed by atoms with E-state index in [0.717, 1.165) is 6.26 Å². The van der Waals surface area contributed by atoms with Crippen molar-refractivity contribution in [3.8, 4) is 0 Å². The first-order valence-electron chi connectivity index (χ1n) is 4.94. The molecule has 17 heavy (non-hydrogen) atoms. The first-order valence-corrected chi connectivity index (χ1v) is 6.83. The zero-order valence-electron chi connectivity index (χ0n) is 9.69. The molecule has 0 heterocycles. The lowest BCUT2D eigenvalue weighted by Gasteiger charge is -2.10. The van der Waals surface area contributed by atoms with Crippen LogP contribution < -0.4 is 15.4 Å². The van der Waals surface area contributed by atoms with Crippen molar-refractivity contribution in [2.45, 2.75) is 19.4 Å². The van der Waals surface area contributed by atoms with Gasteiger partial charge >= 0.3 is 12.0 Å². The quantitative estimate of drug-likeness (QED) is 0.427. The fraction of sp³-hybridized carbons (Fsp3) is 0.750. The molecule has 1 atom stereocenters. The van der Waals surface area contributed by atoms with Crippen molar-refractivity contribution in [3.63, 3.8) is 0 Å². The van der Waals surface area contributed by atoms with E-state index >= 15 is 0 Å². The summed E-state index contributed by atoms with van der Waals surface area (Å²) in [4.78, 5) is 21.5. The summed E-state index contributed by atoms with van der Waals surface area (Å²) in [6.45, 7) is 1.81. The molecule has 0 spiro atoms. The van der Waals surface area contributed by atoms with Gasteiger partial charge in [0, 0.05) is 13.1 Å². The minimum atomic E-state index is -3.21. The van der Waals surface area contributed by atoms with Crippen LogP contribution in [0.1, 0.15) is 13.3 Å². The van der Waals surface area contributed by atoms with E-state index < -0.39 is 28.1 Å². The third kappa shape index (κ3) is 9.57. The Balaban J connectivity index is 3.62. The Morgan fingerprint density at radius 2 is 1.88 bits per heavy atom. The number of carboxylic acids is 1.